The largest absolute Gasteiger partial charge is 0.346 e. The van der Waals surface area contributed by atoms with E-state index >= 15 is 0 Å². The third kappa shape index (κ3) is 4.83. The Hall–Kier alpha value is -1.14. The SMILES string of the molecule is O=C(N[C@@H](c1nccs1)[C@H]1CCCN(Cc2ccc(Cl)c(Cl)c2)C1)C1CC1. The fourth-order valence-electron chi connectivity index (χ4n) is 3.79. The monoisotopic (exact) mass is 423 g/mol. The van der Waals surface area contributed by atoms with Gasteiger partial charge in [-0.1, -0.05) is 29.3 Å². The summed E-state index contributed by atoms with van der Waals surface area (Å²) in [6.07, 6.45) is 6.09. The number of piperidine rings is 1. The molecule has 2 aromatic rings. The molecule has 1 N–H and O–H groups in total. The van der Waals surface area contributed by atoms with E-state index in [9.17, 15) is 4.79 Å². The number of carbonyl (C=O) groups is 1. The normalized spacial score (nSPS) is 21.8. The fourth-order valence-corrected chi connectivity index (χ4v) is 4.89. The molecule has 27 heavy (non-hydrogen) atoms. The van der Waals surface area contributed by atoms with Crippen LogP contribution in [0, 0.1) is 11.8 Å². The molecule has 2 fully saturated rings. The number of nitrogens with zero attached hydrogens (tertiary/aromatic N) is 2. The van der Waals surface area contributed by atoms with Crippen molar-refractivity contribution < 1.29 is 4.79 Å². The van der Waals surface area contributed by atoms with Crippen LogP contribution in [0.25, 0.3) is 0 Å². The molecule has 1 aromatic heterocycles. The van der Waals surface area contributed by atoms with Gasteiger partial charge in [-0.2, -0.15) is 0 Å². The van der Waals surface area contributed by atoms with Crippen molar-refractivity contribution in [2.24, 2.45) is 11.8 Å². The first kappa shape index (κ1) is 19.2. The molecule has 4 nitrogen and oxygen atoms in total. The van der Waals surface area contributed by atoms with E-state index < -0.39 is 0 Å². The molecule has 2 aliphatic rings. The second kappa shape index (κ2) is 8.48. The number of likely N-dealkylation sites (tertiary alicyclic amines) is 1. The third-order valence-corrected chi connectivity index (χ3v) is 6.96. The summed E-state index contributed by atoms with van der Waals surface area (Å²) in [5.41, 5.74) is 1.16. The van der Waals surface area contributed by atoms with Crippen molar-refractivity contribution in [2.75, 3.05) is 13.1 Å². The molecule has 4 rings (SSSR count). The molecule has 1 saturated heterocycles. The Kier molecular flexibility index (Phi) is 6.02. The van der Waals surface area contributed by atoms with Crippen LogP contribution in [-0.4, -0.2) is 28.9 Å². The predicted molar refractivity (Wildman–Crippen MR) is 110 cm³/mol. The van der Waals surface area contributed by atoms with Crippen LogP contribution < -0.4 is 5.32 Å². The standard InChI is InChI=1S/C20H23Cl2N3OS/c21-16-6-3-13(10-17(16)22)11-25-8-1-2-15(12-25)18(20-23-7-9-27-20)24-19(26)14-4-5-14/h3,6-7,9-10,14-15,18H,1-2,4-5,8,11-12H2,(H,24,26)/t15-,18+/m0/s1. The Morgan fingerprint density at radius 2 is 2.15 bits per heavy atom. The van der Waals surface area contributed by atoms with Crippen LogP contribution in [-0.2, 0) is 11.3 Å². The molecule has 2 atom stereocenters. The quantitative estimate of drug-likeness (QED) is 0.715. The smallest absolute Gasteiger partial charge is 0.223 e. The molecule has 0 spiro atoms. The topological polar surface area (TPSA) is 45.2 Å². The summed E-state index contributed by atoms with van der Waals surface area (Å²) >= 11 is 13.8. The third-order valence-electron chi connectivity index (χ3n) is 5.37. The van der Waals surface area contributed by atoms with Crippen molar-refractivity contribution in [1.82, 2.24) is 15.2 Å². The van der Waals surface area contributed by atoms with Gasteiger partial charge in [0.2, 0.25) is 5.91 Å². The Morgan fingerprint density at radius 3 is 2.85 bits per heavy atom. The van der Waals surface area contributed by atoms with Crippen LogP contribution in [0.1, 0.15) is 42.3 Å². The Labute approximate surface area is 173 Å². The second-order valence-electron chi connectivity index (χ2n) is 7.52. The van der Waals surface area contributed by atoms with Crippen molar-refractivity contribution >= 4 is 40.4 Å². The van der Waals surface area contributed by atoms with Gasteiger partial charge >= 0.3 is 0 Å². The van der Waals surface area contributed by atoms with Crippen LogP contribution in [0.2, 0.25) is 10.0 Å². The molecule has 0 unspecified atom stereocenters. The van der Waals surface area contributed by atoms with Crippen molar-refractivity contribution in [3.8, 4) is 0 Å². The van der Waals surface area contributed by atoms with Gasteiger partial charge in [0.05, 0.1) is 16.1 Å². The van der Waals surface area contributed by atoms with E-state index in [0.717, 1.165) is 55.9 Å². The molecule has 1 amide bonds. The minimum absolute atomic E-state index is 0.00899. The first-order valence-electron chi connectivity index (χ1n) is 9.46. The molecule has 1 aliphatic carbocycles. The van der Waals surface area contributed by atoms with Crippen LogP contribution in [0.5, 0.6) is 0 Å². The van der Waals surface area contributed by atoms with E-state index in [0.29, 0.717) is 16.0 Å². The van der Waals surface area contributed by atoms with Gasteiger partial charge in [0.15, 0.2) is 0 Å². The number of amides is 1. The fraction of sp³-hybridized carbons (Fsp3) is 0.500. The first-order chi connectivity index (χ1) is 13.1. The zero-order valence-corrected chi connectivity index (χ0v) is 17.4. The number of aromatic nitrogens is 1. The summed E-state index contributed by atoms with van der Waals surface area (Å²) in [6.45, 7) is 2.84. The Balaban J connectivity index is 1.45. The molecule has 0 radical (unpaired) electrons. The van der Waals surface area contributed by atoms with E-state index in [1.165, 1.54) is 0 Å². The van der Waals surface area contributed by atoms with Crippen LogP contribution in [0.15, 0.2) is 29.8 Å². The number of rotatable bonds is 6. The van der Waals surface area contributed by atoms with Crippen LogP contribution in [0.3, 0.4) is 0 Å². The summed E-state index contributed by atoms with van der Waals surface area (Å²) in [5.74, 6) is 0.774. The van der Waals surface area contributed by atoms with E-state index in [1.807, 2.05) is 29.8 Å². The van der Waals surface area contributed by atoms with Gasteiger partial charge in [-0.15, -0.1) is 11.3 Å². The molecule has 1 aliphatic heterocycles. The number of benzene rings is 1. The molecule has 1 saturated carbocycles. The summed E-state index contributed by atoms with van der Waals surface area (Å²) in [6, 6.07) is 5.84. The molecule has 0 bridgehead atoms. The predicted octanol–water partition coefficient (Wildman–Crippen LogP) is 4.93. The lowest BCUT2D eigenvalue weighted by Crippen LogP contribution is -2.43. The van der Waals surface area contributed by atoms with Crippen LogP contribution in [0.4, 0.5) is 0 Å². The summed E-state index contributed by atoms with van der Waals surface area (Å²) in [7, 11) is 0. The average molecular weight is 424 g/mol. The molecule has 7 heteroatoms. The van der Waals surface area contributed by atoms with E-state index in [2.05, 4.69) is 15.2 Å². The summed E-state index contributed by atoms with van der Waals surface area (Å²) < 4.78 is 0. The maximum absolute atomic E-state index is 12.4. The zero-order valence-electron chi connectivity index (χ0n) is 15.0. The number of halogens is 2. The minimum Gasteiger partial charge on any atom is -0.346 e. The Morgan fingerprint density at radius 1 is 1.30 bits per heavy atom. The van der Waals surface area contributed by atoms with Gasteiger partial charge in [-0.25, -0.2) is 4.98 Å². The lowest BCUT2D eigenvalue weighted by atomic mass is 9.90. The highest BCUT2D eigenvalue weighted by atomic mass is 35.5. The van der Waals surface area contributed by atoms with Crippen LogP contribution >= 0.6 is 34.5 Å². The summed E-state index contributed by atoms with van der Waals surface area (Å²) in [4.78, 5) is 19.4. The maximum atomic E-state index is 12.4. The lowest BCUT2D eigenvalue weighted by molar-refractivity contribution is -0.123. The number of thiazole rings is 1. The van der Waals surface area contributed by atoms with Gasteiger partial charge < -0.3 is 5.32 Å². The van der Waals surface area contributed by atoms with Crippen molar-refractivity contribution in [1.29, 1.82) is 0 Å². The Bertz CT molecular complexity index is 795. The number of nitrogens with one attached hydrogen (secondary N) is 1. The van der Waals surface area contributed by atoms with E-state index in [4.69, 9.17) is 23.2 Å². The first-order valence-corrected chi connectivity index (χ1v) is 11.1. The highest BCUT2D eigenvalue weighted by molar-refractivity contribution is 7.09. The maximum Gasteiger partial charge on any atom is 0.223 e. The molecular formula is C20H23Cl2N3OS. The highest BCUT2D eigenvalue weighted by Crippen LogP contribution is 2.35. The average Bonchev–Trinajstić information content (AvgIpc) is 3.38. The second-order valence-corrected chi connectivity index (χ2v) is 9.26. The van der Waals surface area contributed by atoms with Gasteiger partial charge in [0.25, 0.3) is 0 Å². The molecule has 2 heterocycles. The zero-order chi connectivity index (χ0) is 18.8. The van der Waals surface area contributed by atoms with Crippen molar-refractivity contribution in [3.63, 3.8) is 0 Å². The molecule has 1 aromatic carbocycles. The van der Waals surface area contributed by atoms with E-state index in [1.54, 1.807) is 11.3 Å². The summed E-state index contributed by atoms with van der Waals surface area (Å²) in [5, 5.41) is 7.49. The lowest BCUT2D eigenvalue weighted by Gasteiger charge is -2.36. The van der Waals surface area contributed by atoms with Crippen molar-refractivity contribution in [3.05, 3.63) is 50.4 Å². The highest BCUT2D eigenvalue weighted by Gasteiger charge is 2.35. The van der Waals surface area contributed by atoms with Gasteiger partial charge in [-0.3, -0.25) is 9.69 Å². The number of hydrogen-bond acceptors (Lipinski definition) is 4. The van der Waals surface area contributed by atoms with Crippen molar-refractivity contribution in [2.45, 2.75) is 38.3 Å². The minimum atomic E-state index is 0.00899. The van der Waals surface area contributed by atoms with E-state index in [-0.39, 0.29) is 17.9 Å². The number of carbonyl (C=O) groups excluding carboxylic acids is 1. The molecular weight excluding hydrogens is 401 g/mol. The number of hydrogen-bond donors (Lipinski definition) is 1. The van der Waals surface area contributed by atoms with Gasteiger partial charge in [-0.05, 0) is 55.8 Å². The molecule has 144 valence electrons. The van der Waals surface area contributed by atoms with Gasteiger partial charge in [0.1, 0.15) is 5.01 Å². The van der Waals surface area contributed by atoms with Gasteiger partial charge in [0, 0.05) is 30.6 Å².